The quantitative estimate of drug-likeness (QED) is 0.852. The molecule has 0 radical (unpaired) electrons. The zero-order chi connectivity index (χ0) is 19.3. The van der Waals surface area contributed by atoms with E-state index in [4.69, 9.17) is 0 Å². The SMILES string of the molecule is O=C(NCc1cccc(F)c1)c1cccc(S(=O)(=O)N2CCCCCC2)c1. The highest BCUT2D eigenvalue weighted by Gasteiger charge is 2.25. The smallest absolute Gasteiger partial charge is 0.251 e. The van der Waals surface area contributed by atoms with Crippen LogP contribution in [0.1, 0.15) is 41.6 Å². The van der Waals surface area contributed by atoms with Gasteiger partial charge in [-0.2, -0.15) is 4.31 Å². The number of hydrogen-bond donors (Lipinski definition) is 1. The first-order chi connectivity index (χ1) is 13.0. The molecule has 0 unspecified atom stereocenters. The Kier molecular flexibility index (Phi) is 6.23. The zero-order valence-electron chi connectivity index (χ0n) is 15.0. The first-order valence-electron chi connectivity index (χ1n) is 9.10. The Bertz CT molecular complexity index is 907. The van der Waals surface area contributed by atoms with Crippen molar-refractivity contribution in [1.29, 1.82) is 0 Å². The molecule has 1 N–H and O–H groups in total. The number of hydrogen-bond acceptors (Lipinski definition) is 3. The molecular formula is C20H23FN2O3S. The molecule has 1 amide bonds. The van der Waals surface area contributed by atoms with Gasteiger partial charge in [0.25, 0.3) is 5.91 Å². The highest BCUT2D eigenvalue weighted by atomic mass is 32.2. The van der Waals surface area contributed by atoms with Crippen molar-refractivity contribution in [1.82, 2.24) is 9.62 Å². The number of amides is 1. The van der Waals surface area contributed by atoms with Crippen LogP contribution in [0.5, 0.6) is 0 Å². The molecule has 0 atom stereocenters. The summed E-state index contributed by atoms with van der Waals surface area (Å²) in [5.74, 6) is -0.764. The average molecular weight is 390 g/mol. The minimum absolute atomic E-state index is 0.128. The summed E-state index contributed by atoms with van der Waals surface area (Å²) in [6.07, 6.45) is 3.78. The molecule has 1 aliphatic rings. The van der Waals surface area contributed by atoms with Gasteiger partial charge in [0.2, 0.25) is 10.0 Å². The number of carbonyl (C=O) groups is 1. The van der Waals surface area contributed by atoms with E-state index in [9.17, 15) is 17.6 Å². The summed E-state index contributed by atoms with van der Waals surface area (Å²) < 4.78 is 40.5. The summed E-state index contributed by atoms with van der Waals surface area (Å²) in [6.45, 7) is 1.19. The van der Waals surface area contributed by atoms with Crippen LogP contribution in [0.15, 0.2) is 53.4 Å². The number of sulfonamides is 1. The van der Waals surface area contributed by atoms with Gasteiger partial charge in [-0.15, -0.1) is 0 Å². The minimum Gasteiger partial charge on any atom is -0.348 e. The van der Waals surface area contributed by atoms with Gasteiger partial charge in [0.05, 0.1) is 4.90 Å². The maximum atomic E-state index is 13.2. The molecule has 1 heterocycles. The highest BCUT2D eigenvalue weighted by molar-refractivity contribution is 7.89. The van der Waals surface area contributed by atoms with E-state index in [2.05, 4.69) is 5.32 Å². The molecule has 1 saturated heterocycles. The van der Waals surface area contributed by atoms with Crippen molar-refractivity contribution in [3.8, 4) is 0 Å². The van der Waals surface area contributed by atoms with Crippen molar-refractivity contribution in [2.24, 2.45) is 0 Å². The van der Waals surface area contributed by atoms with Crippen molar-refractivity contribution in [2.45, 2.75) is 37.1 Å². The summed E-state index contributed by atoms with van der Waals surface area (Å²) >= 11 is 0. The van der Waals surface area contributed by atoms with Gasteiger partial charge in [0.1, 0.15) is 5.82 Å². The fourth-order valence-corrected chi connectivity index (χ4v) is 4.72. The second-order valence-electron chi connectivity index (χ2n) is 6.66. The fourth-order valence-electron chi connectivity index (χ4n) is 3.16. The van der Waals surface area contributed by atoms with Crippen LogP contribution in [0.3, 0.4) is 0 Å². The zero-order valence-corrected chi connectivity index (χ0v) is 15.8. The first-order valence-corrected chi connectivity index (χ1v) is 10.5. The molecule has 0 saturated carbocycles. The van der Waals surface area contributed by atoms with Crippen molar-refractivity contribution >= 4 is 15.9 Å². The molecule has 0 bridgehead atoms. The van der Waals surface area contributed by atoms with Crippen LogP contribution in [-0.2, 0) is 16.6 Å². The van der Waals surface area contributed by atoms with Crippen molar-refractivity contribution in [3.05, 3.63) is 65.5 Å². The Morgan fingerprint density at radius 2 is 1.70 bits per heavy atom. The molecule has 1 fully saturated rings. The van der Waals surface area contributed by atoms with Crippen molar-refractivity contribution in [3.63, 3.8) is 0 Å². The van der Waals surface area contributed by atoms with Gasteiger partial charge in [-0.25, -0.2) is 12.8 Å². The molecule has 2 aromatic carbocycles. The molecule has 0 aromatic heterocycles. The van der Waals surface area contributed by atoms with E-state index in [0.717, 1.165) is 25.7 Å². The summed E-state index contributed by atoms with van der Waals surface area (Å²) in [4.78, 5) is 12.5. The third kappa shape index (κ3) is 4.93. The number of nitrogens with zero attached hydrogens (tertiary/aromatic N) is 1. The molecule has 0 spiro atoms. The van der Waals surface area contributed by atoms with Crippen LogP contribution >= 0.6 is 0 Å². The summed E-state index contributed by atoms with van der Waals surface area (Å²) in [7, 11) is -3.61. The summed E-state index contributed by atoms with van der Waals surface area (Å²) in [5.41, 5.74) is 0.902. The first kappa shape index (κ1) is 19.5. The lowest BCUT2D eigenvalue weighted by atomic mass is 10.2. The molecule has 3 rings (SSSR count). The molecule has 2 aromatic rings. The van der Waals surface area contributed by atoms with Crippen molar-refractivity contribution in [2.75, 3.05) is 13.1 Å². The Morgan fingerprint density at radius 1 is 1.00 bits per heavy atom. The van der Waals surface area contributed by atoms with Crippen LogP contribution in [0.2, 0.25) is 0 Å². The van der Waals surface area contributed by atoms with Gasteiger partial charge in [-0.3, -0.25) is 4.79 Å². The monoisotopic (exact) mass is 390 g/mol. The molecular weight excluding hydrogens is 367 g/mol. The predicted molar refractivity (Wildman–Crippen MR) is 101 cm³/mol. The van der Waals surface area contributed by atoms with Crippen LogP contribution in [-0.4, -0.2) is 31.7 Å². The Labute approximate surface area is 159 Å². The molecule has 1 aliphatic heterocycles. The van der Waals surface area contributed by atoms with E-state index < -0.39 is 15.9 Å². The van der Waals surface area contributed by atoms with E-state index in [1.54, 1.807) is 24.3 Å². The van der Waals surface area contributed by atoms with Crippen LogP contribution < -0.4 is 5.32 Å². The molecule has 0 aliphatic carbocycles. The van der Waals surface area contributed by atoms with Gasteiger partial charge >= 0.3 is 0 Å². The van der Waals surface area contributed by atoms with E-state index in [0.29, 0.717) is 18.7 Å². The van der Waals surface area contributed by atoms with Gasteiger partial charge < -0.3 is 5.32 Å². The van der Waals surface area contributed by atoms with E-state index in [1.807, 2.05) is 0 Å². The minimum atomic E-state index is -3.61. The standard InChI is InChI=1S/C20H23FN2O3S/c21-18-9-5-7-16(13-18)15-22-20(24)17-8-6-10-19(14-17)27(25,26)23-11-3-1-2-4-12-23/h5-10,13-14H,1-4,11-12,15H2,(H,22,24). The van der Waals surface area contributed by atoms with E-state index >= 15 is 0 Å². The highest BCUT2D eigenvalue weighted by Crippen LogP contribution is 2.21. The molecule has 7 heteroatoms. The van der Waals surface area contributed by atoms with E-state index in [-0.39, 0.29) is 22.8 Å². The lowest BCUT2D eigenvalue weighted by Crippen LogP contribution is -2.32. The second-order valence-corrected chi connectivity index (χ2v) is 8.60. The van der Waals surface area contributed by atoms with Crippen LogP contribution in [0.4, 0.5) is 4.39 Å². The predicted octanol–water partition coefficient (Wildman–Crippen LogP) is 3.32. The third-order valence-corrected chi connectivity index (χ3v) is 6.54. The van der Waals surface area contributed by atoms with Gasteiger partial charge in [-0.1, -0.05) is 31.0 Å². The Hall–Kier alpha value is -2.25. The van der Waals surface area contributed by atoms with Gasteiger partial charge in [0, 0.05) is 25.2 Å². The largest absolute Gasteiger partial charge is 0.348 e. The topological polar surface area (TPSA) is 66.5 Å². The number of nitrogens with one attached hydrogen (secondary N) is 1. The van der Waals surface area contributed by atoms with Crippen LogP contribution in [0.25, 0.3) is 0 Å². The fraction of sp³-hybridized carbons (Fsp3) is 0.350. The number of carbonyl (C=O) groups excluding carboxylic acids is 1. The molecule has 144 valence electrons. The Balaban J connectivity index is 1.73. The lowest BCUT2D eigenvalue weighted by Gasteiger charge is -2.20. The van der Waals surface area contributed by atoms with Crippen LogP contribution in [0, 0.1) is 5.82 Å². The summed E-state index contributed by atoms with van der Waals surface area (Å²) in [5, 5.41) is 2.70. The number of halogens is 1. The maximum Gasteiger partial charge on any atom is 0.251 e. The maximum absolute atomic E-state index is 13.2. The average Bonchev–Trinajstić information content (AvgIpc) is 2.96. The summed E-state index contributed by atoms with van der Waals surface area (Å²) in [6, 6.07) is 12.0. The van der Waals surface area contributed by atoms with Gasteiger partial charge in [0.15, 0.2) is 0 Å². The number of benzene rings is 2. The number of rotatable bonds is 5. The van der Waals surface area contributed by atoms with Crippen molar-refractivity contribution < 1.29 is 17.6 Å². The molecule has 5 nitrogen and oxygen atoms in total. The second kappa shape index (κ2) is 8.63. The Morgan fingerprint density at radius 3 is 2.41 bits per heavy atom. The molecule has 27 heavy (non-hydrogen) atoms. The lowest BCUT2D eigenvalue weighted by molar-refractivity contribution is 0.0950. The normalized spacial score (nSPS) is 15.9. The van der Waals surface area contributed by atoms with Gasteiger partial charge in [-0.05, 0) is 48.7 Å². The third-order valence-electron chi connectivity index (χ3n) is 4.64. The van der Waals surface area contributed by atoms with E-state index in [1.165, 1.54) is 28.6 Å².